The van der Waals surface area contributed by atoms with E-state index < -0.39 is 0 Å². The van der Waals surface area contributed by atoms with Crippen molar-refractivity contribution in [2.24, 2.45) is 23.5 Å². The first-order valence-electron chi connectivity index (χ1n) is 8.35. The molecule has 0 aliphatic heterocycles. The van der Waals surface area contributed by atoms with Crippen molar-refractivity contribution in [2.45, 2.75) is 73.3 Å². The Morgan fingerprint density at radius 1 is 1.05 bits per heavy atom. The second-order valence-corrected chi connectivity index (χ2v) is 6.85. The normalized spacial score (nSPS) is 13.3. The summed E-state index contributed by atoms with van der Waals surface area (Å²) < 4.78 is 0. The van der Waals surface area contributed by atoms with E-state index in [4.69, 9.17) is 5.73 Å². The lowest BCUT2D eigenvalue weighted by Crippen LogP contribution is -2.43. The molecule has 3 heteroatoms. The number of carbonyl (C=O) groups excluding carboxylic acids is 1. The summed E-state index contributed by atoms with van der Waals surface area (Å²) in [6.07, 6.45) is 3.72. The van der Waals surface area contributed by atoms with Crippen LogP contribution in [0.15, 0.2) is 0 Å². The third-order valence-electron chi connectivity index (χ3n) is 3.87. The van der Waals surface area contributed by atoms with Crippen LogP contribution in [0, 0.1) is 17.8 Å². The zero-order chi connectivity index (χ0) is 15.7. The van der Waals surface area contributed by atoms with Crippen molar-refractivity contribution >= 4 is 5.91 Å². The molecule has 0 rings (SSSR count). The average Bonchev–Trinajstić information content (AvgIpc) is 2.37. The fourth-order valence-corrected chi connectivity index (χ4v) is 2.87. The smallest absolute Gasteiger partial charge is 0.223 e. The van der Waals surface area contributed by atoms with E-state index >= 15 is 0 Å². The number of hydrogen-bond donors (Lipinski definition) is 1. The van der Waals surface area contributed by atoms with Crippen molar-refractivity contribution in [3.05, 3.63) is 0 Å². The fraction of sp³-hybridized carbons (Fsp3) is 0.941. The first-order chi connectivity index (χ1) is 9.35. The van der Waals surface area contributed by atoms with Crippen LogP contribution in [-0.2, 0) is 4.79 Å². The Morgan fingerprint density at radius 2 is 1.60 bits per heavy atom. The highest BCUT2D eigenvalue weighted by Crippen LogP contribution is 2.19. The largest absolute Gasteiger partial charge is 0.339 e. The van der Waals surface area contributed by atoms with Gasteiger partial charge in [0.2, 0.25) is 5.91 Å². The van der Waals surface area contributed by atoms with Crippen LogP contribution >= 0.6 is 0 Å². The molecule has 0 aromatic rings. The number of rotatable bonds is 10. The van der Waals surface area contributed by atoms with Gasteiger partial charge in [-0.05, 0) is 43.6 Å². The molecular formula is C17H36N2O. The molecule has 0 aromatic heterocycles. The molecule has 0 heterocycles. The van der Waals surface area contributed by atoms with Crippen LogP contribution in [-0.4, -0.2) is 29.9 Å². The van der Waals surface area contributed by atoms with Crippen LogP contribution in [0.4, 0.5) is 0 Å². The lowest BCUT2D eigenvalue weighted by atomic mass is 9.93. The lowest BCUT2D eigenvalue weighted by molar-refractivity contribution is -0.135. The summed E-state index contributed by atoms with van der Waals surface area (Å²) in [6, 6.07) is 0.377. The van der Waals surface area contributed by atoms with Gasteiger partial charge in [-0.2, -0.15) is 0 Å². The van der Waals surface area contributed by atoms with Gasteiger partial charge in [-0.25, -0.2) is 0 Å². The molecule has 20 heavy (non-hydrogen) atoms. The van der Waals surface area contributed by atoms with Crippen molar-refractivity contribution in [2.75, 3.05) is 13.1 Å². The van der Waals surface area contributed by atoms with Gasteiger partial charge in [0.1, 0.15) is 0 Å². The first-order valence-corrected chi connectivity index (χ1v) is 8.35. The van der Waals surface area contributed by atoms with Crippen molar-refractivity contribution in [3.63, 3.8) is 0 Å². The van der Waals surface area contributed by atoms with E-state index in [0.29, 0.717) is 42.7 Å². The number of nitrogens with zero attached hydrogens (tertiary/aromatic N) is 1. The van der Waals surface area contributed by atoms with Crippen LogP contribution in [0.25, 0.3) is 0 Å². The molecule has 2 N–H and O–H groups in total. The molecule has 0 aliphatic rings. The second kappa shape index (κ2) is 10.2. The van der Waals surface area contributed by atoms with Crippen LogP contribution in [0.1, 0.15) is 67.2 Å². The average molecular weight is 284 g/mol. The molecular weight excluding hydrogens is 248 g/mol. The first kappa shape index (κ1) is 19.4. The summed E-state index contributed by atoms with van der Waals surface area (Å²) in [5.41, 5.74) is 5.84. The van der Waals surface area contributed by atoms with Gasteiger partial charge in [-0.1, -0.05) is 41.5 Å². The van der Waals surface area contributed by atoms with Crippen molar-refractivity contribution < 1.29 is 4.79 Å². The number of amides is 1. The van der Waals surface area contributed by atoms with E-state index in [9.17, 15) is 4.79 Å². The van der Waals surface area contributed by atoms with E-state index in [0.717, 1.165) is 25.8 Å². The van der Waals surface area contributed by atoms with Gasteiger partial charge in [-0.3, -0.25) is 4.79 Å². The zero-order valence-electron chi connectivity index (χ0n) is 14.5. The summed E-state index contributed by atoms with van der Waals surface area (Å²) in [5, 5.41) is 0. The Kier molecular flexibility index (Phi) is 9.91. The second-order valence-electron chi connectivity index (χ2n) is 6.85. The minimum atomic E-state index is 0.295. The maximum absolute atomic E-state index is 12.7. The Hall–Kier alpha value is -0.570. The van der Waals surface area contributed by atoms with Gasteiger partial charge in [-0.15, -0.1) is 0 Å². The van der Waals surface area contributed by atoms with Gasteiger partial charge in [0.05, 0.1) is 0 Å². The Morgan fingerprint density at radius 3 is 1.95 bits per heavy atom. The number of hydrogen-bond acceptors (Lipinski definition) is 2. The molecule has 0 bridgehead atoms. The standard InChI is InChI=1S/C17H36N2O/c1-7-16(8-2)19(12-14(5)6)17(20)10-15(11-18)9-13(3)4/h13-16H,7-12,18H2,1-6H3. The van der Waals surface area contributed by atoms with Crippen molar-refractivity contribution in [1.29, 1.82) is 0 Å². The number of carbonyl (C=O) groups is 1. The Labute approximate surface area is 126 Å². The van der Waals surface area contributed by atoms with Gasteiger partial charge in [0.15, 0.2) is 0 Å². The summed E-state index contributed by atoms with van der Waals surface area (Å²) in [5.74, 6) is 1.74. The molecule has 0 saturated heterocycles. The zero-order valence-corrected chi connectivity index (χ0v) is 14.5. The van der Waals surface area contributed by atoms with E-state index in [1.807, 2.05) is 0 Å². The van der Waals surface area contributed by atoms with Crippen molar-refractivity contribution in [3.8, 4) is 0 Å². The molecule has 0 aliphatic carbocycles. The highest BCUT2D eigenvalue weighted by atomic mass is 16.2. The summed E-state index contributed by atoms with van der Waals surface area (Å²) >= 11 is 0. The predicted molar refractivity (Wildman–Crippen MR) is 87.5 cm³/mol. The predicted octanol–water partition coefficient (Wildman–Crippen LogP) is 3.67. The molecule has 0 aromatic carbocycles. The molecule has 0 saturated carbocycles. The summed E-state index contributed by atoms with van der Waals surface area (Å²) in [4.78, 5) is 14.8. The lowest BCUT2D eigenvalue weighted by Gasteiger charge is -2.33. The monoisotopic (exact) mass is 284 g/mol. The van der Waals surface area contributed by atoms with Crippen molar-refractivity contribution in [1.82, 2.24) is 4.90 Å². The van der Waals surface area contributed by atoms with E-state index in [-0.39, 0.29) is 0 Å². The molecule has 0 radical (unpaired) electrons. The molecule has 1 atom stereocenters. The third-order valence-corrected chi connectivity index (χ3v) is 3.87. The Bertz CT molecular complexity index is 260. The molecule has 1 amide bonds. The molecule has 0 fully saturated rings. The van der Waals surface area contributed by atoms with E-state index in [1.54, 1.807) is 0 Å². The Balaban J connectivity index is 4.75. The maximum atomic E-state index is 12.7. The highest BCUT2D eigenvalue weighted by Gasteiger charge is 2.24. The van der Waals surface area contributed by atoms with Gasteiger partial charge >= 0.3 is 0 Å². The van der Waals surface area contributed by atoms with Gasteiger partial charge in [0, 0.05) is 19.0 Å². The maximum Gasteiger partial charge on any atom is 0.223 e. The molecule has 120 valence electrons. The fourth-order valence-electron chi connectivity index (χ4n) is 2.87. The number of nitrogens with two attached hydrogens (primary N) is 1. The molecule has 3 nitrogen and oxygen atoms in total. The minimum absolute atomic E-state index is 0.295. The van der Waals surface area contributed by atoms with Crippen LogP contribution in [0.3, 0.4) is 0 Å². The SMILES string of the molecule is CCC(CC)N(CC(C)C)C(=O)CC(CN)CC(C)C. The van der Waals surface area contributed by atoms with Crippen LogP contribution in [0.5, 0.6) is 0 Å². The highest BCUT2D eigenvalue weighted by molar-refractivity contribution is 5.76. The van der Waals surface area contributed by atoms with E-state index in [2.05, 4.69) is 46.4 Å². The topological polar surface area (TPSA) is 46.3 Å². The van der Waals surface area contributed by atoms with Crippen LogP contribution in [0.2, 0.25) is 0 Å². The van der Waals surface area contributed by atoms with E-state index in [1.165, 1.54) is 0 Å². The van der Waals surface area contributed by atoms with Crippen LogP contribution < -0.4 is 5.73 Å². The molecule has 1 unspecified atom stereocenters. The minimum Gasteiger partial charge on any atom is -0.339 e. The quantitative estimate of drug-likeness (QED) is 0.665. The summed E-state index contributed by atoms with van der Waals surface area (Å²) in [6.45, 7) is 14.6. The van der Waals surface area contributed by atoms with Gasteiger partial charge in [0.25, 0.3) is 0 Å². The molecule has 0 spiro atoms. The van der Waals surface area contributed by atoms with Gasteiger partial charge < -0.3 is 10.6 Å². The summed E-state index contributed by atoms with van der Waals surface area (Å²) in [7, 11) is 0. The third kappa shape index (κ3) is 7.28.